The number of hydrogen-bond donors (Lipinski definition) is 1. The van der Waals surface area contributed by atoms with Gasteiger partial charge in [0.25, 0.3) is 0 Å². The normalized spacial score (nSPS) is 20.8. The van der Waals surface area contributed by atoms with Gasteiger partial charge < -0.3 is 9.84 Å². The van der Waals surface area contributed by atoms with E-state index in [1.165, 1.54) is 24.1 Å². The lowest BCUT2D eigenvalue weighted by Crippen LogP contribution is -2.21. The van der Waals surface area contributed by atoms with E-state index in [0.717, 1.165) is 31.1 Å². The van der Waals surface area contributed by atoms with Crippen LogP contribution in [-0.4, -0.2) is 16.7 Å². The van der Waals surface area contributed by atoms with Crippen LogP contribution >= 0.6 is 11.3 Å². The molecule has 3 rings (SSSR count). The Kier molecular flexibility index (Phi) is 3.71. The molecule has 4 nitrogen and oxygen atoms in total. The van der Waals surface area contributed by atoms with Crippen LogP contribution in [-0.2, 0) is 6.42 Å². The van der Waals surface area contributed by atoms with E-state index in [2.05, 4.69) is 26.9 Å². The number of nitrogens with zero attached hydrogens (tertiary/aromatic N) is 2. The molecule has 1 fully saturated rings. The predicted molar refractivity (Wildman–Crippen MR) is 70.6 cm³/mol. The van der Waals surface area contributed by atoms with Crippen LogP contribution in [0.2, 0.25) is 0 Å². The van der Waals surface area contributed by atoms with E-state index in [0.29, 0.717) is 0 Å². The van der Waals surface area contributed by atoms with Crippen molar-refractivity contribution in [3.05, 3.63) is 34.1 Å². The molecule has 0 aromatic carbocycles. The summed E-state index contributed by atoms with van der Waals surface area (Å²) in [5, 5.41) is 9.67. The van der Waals surface area contributed by atoms with Gasteiger partial charge in [0.05, 0.1) is 12.5 Å². The molecule has 0 saturated carbocycles. The van der Waals surface area contributed by atoms with Crippen molar-refractivity contribution in [1.82, 2.24) is 15.5 Å². The van der Waals surface area contributed by atoms with Crippen molar-refractivity contribution >= 4 is 11.3 Å². The molecule has 0 amide bonds. The molecule has 18 heavy (non-hydrogen) atoms. The van der Waals surface area contributed by atoms with E-state index >= 15 is 0 Å². The van der Waals surface area contributed by atoms with Crippen molar-refractivity contribution in [3.63, 3.8) is 0 Å². The average Bonchev–Trinajstić information content (AvgIpc) is 2.97. The second kappa shape index (κ2) is 5.63. The Balaban J connectivity index is 1.68. The fourth-order valence-corrected chi connectivity index (χ4v) is 2.99. The van der Waals surface area contributed by atoms with Crippen molar-refractivity contribution in [2.75, 3.05) is 6.54 Å². The van der Waals surface area contributed by atoms with Crippen LogP contribution in [0.1, 0.15) is 48.3 Å². The summed E-state index contributed by atoms with van der Waals surface area (Å²) >= 11 is 1.72. The van der Waals surface area contributed by atoms with Gasteiger partial charge in [0.2, 0.25) is 5.89 Å². The Hall–Kier alpha value is -1.20. The largest absolute Gasteiger partial charge is 0.339 e. The molecular weight excluding hydrogens is 246 g/mol. The molecule has 1 aliphatic rings. The summed E-state index contributed by atoms with van der Waals surface area (Å²) in [5.74, 6) is 1.54. The smallest absolute Gasteiger partial charge is 0.231 e. The first-order valence-electron chi connectivity index (χ1n) is 6.50. The first-order valence-corrected chi connectivity index (χ1v) is 7.38. The zero-order valence-electron chi connectivity index (χ0n) is 10.3. The SMILES string of the molecule is c1csc(Cc2nc(C3CCCCCN3)no2)c1. The average molecular weight is 263 g/mol. The highest BCUT2D eigenvalue weighted by molar-refractivity contribution is 7.09. The summed E-state index contributed by atoms with van der Waals surface area (Å²) in [6.07, 6.45) is 5.64. The van der Waals surface area contributed by atoms with Crippen LogP contribution in [0.3, 0.4) is 0 Å². The van der Waals surface area contributed by atoms with Gasteiger partial charge in [-0.15, -0.1) is 11.3 Å². The van der Waals surface area contributed by atoms with E-state index in [4.69, 9.17) is 4.52 Å². The van der Waals surface area contributed by atoms with Crippen molar-refractivity contribution in [2.24, 2.45) is 0 Å². The highest BCUT2D eigenvalue weighted by Crippen LogP contribution is 2.21. The summed E-state index contributed by atoms with van der Waals surface area (Å²) in [6.45, 7) is 1.06. The maximum atomic E-state index is 5.34. The maximum absolute atomic E-state index is 5.34. The molecule has 5 heteroatoms. The Morgan fingerprint density at radius 2 is 2.39 bits per heavy atom. The summed E-state index contributed by atoms with van der Waals surface area (Å²) in [6, 6.07) is 4.41. The lowest BCUT2D eigenvalue weighted by atomic mass is 10.1. The van der Waals surface area contributed by atoms with Crippen LogP contribution in [0, 0.1) is 0 Å². The molecule has 0 bridgehead atoms. The van der Waals surface area contributed by atoms with E-state index in [9.17, 15) is 0 Å². The molecular formula is C13H17N3OS. The molecule has 1 aliphatic heterocycles. The van der Waals surface area contributed by atoms with Gasteiger partial charge in [-0.3, -0.25) is 0 Å². The number of nitrogens with one attached hydrogen (secondary N) is 1. The lowest BCUT2D eigenvalue weighted by molar-refractivity contribution is 0.369. The number of hydrogen-bond acceptors (Lipinski definition) is 5. The minimum atomic E-state index is 0.272. The quantitative estimate of drug-likeness (QED) is 0.925. The fourth-order valence-electron chi connectivity index (χ4n) is 2.29. The van der Waals surface area contributed by atoms with E-state index in [-0.39, 0.29) is 6.04 Å². The van der Waals surface area contributed by atoms with Gasteiger partial charge in [0, 0.05) is 4.88 Å². The van der Waals surface area contributed by atoms with Crippen LogP contribution in [0.4, 0.5) is 0 Å². The first-order chi connectivity index (χ1) is 8.92. The molecule has 2 aromatic rings. The highest BCUT2D eigenvalue weighted by Gasteiger charge is 2.19. The second-order valence-electron chi connectivity index (χ2n) is 4.66. The molecule has 1 unspecified atom stereocenters. The molecule has 0 aliphatic carbocycles. The molecule has 0 spiro atoms. The molecule has 3 heterocycles. The molecule has 1 N–H and O–H groups in total. The van der Waals surface area contributed by atoms with Gasteiger partial charge in [-0.2, -0.15) is 4.98 Å². The van der Waals surface area contributed by atoms with Crippen LogP contribution in [0.15, 0.2) is 22.0 Å². The van der Waals surface area contributed by atoms with Gasteiger partial charge in [0.1, 0.15) is 0 Å². The van der Waals surface area contributed by atoms with Gasteiger partial charge in [-0.05, 0) is 30.8 Å². The molecule has 2 aromatic heterocycles. The standard InChI is InChI=1S/C13H17N3OS/c1-2-6-11(14-7-3-1)13-15-12(17-16-13)9-10-5-4-8-18-10/h4-5,8,11,14H,1-3,6-7,9H2. The Morgan fingerprint density at radius 3 is 3.28 bits per heavy atom. The topological polar surface area (TPSA) is 51.0 Å². The van der Waals surface area contributed by atoms with E-state index in [1.807, 2.05) is 6.07 Å². The summed E-state index contributed by atoms with van der Waals surface area (Å²) in [4.78, 5) is 5.78. The van der Waals surface area contributed by atoms with Crippen molar-refractivity contribution in [2.45, 2.75) is 38.1 Å². The zero-order valence-corrected chi connectivity index (χ0v) is 11.1. The molecule has 1 atom stereocenters. The highest BCUT2D eigenvalue weighted by atomic mass is 32.1. The predicted octanol–water partition coefficient (Wildman–Crippen LogP) is 2.93. The van der Waals surface area contributed by atoms with Crippen LogP contribution < -0.4 is 5.32 Å². The maximum Gasteiger partial charge on any atom is 0.231 e. The third-order valence-corrected chi connectivity index (χ3v) is 4.14. The third kappa shape index (κ3) is 2.79. The fraction of sp³-hybridized carbons (Fsp3) is 0.538. The second-order valence-corrected chi connectivity index (χ2v) is 5.69. The van der Waals surface area contributed by atoms with Crippen molar-refractivity contribution < 1.29 is 4.52 Å². The van der Waals surface area contributed by atoms with Gasteiger partial charge in [-0.25, -0.2) is 0 Å². The summed E-state index contributed by atoms with van der Waals surface area (Å²) in [7, 11) is 0. The van der Waals surface area contributed by atoms with Gasteiger partial charge in [-0.1, -0.05) is 24.1 Å². The van der Waals surface area contributed by atoms with E-state index < -0.39 is 0 Å². The Morgan fingerprint density at radius 1 is 1.39 bits per heavy atom. The Labute approximate surface area is 110 Å². The lowest BCUT2D eigenvalue weighted by Gasteiger charge is -2.09. The molecule has 96 valence electrons. The van der Waals surface area contributed by atoms with Crippen LogP contribution in [0.5, 0.6) is 0 Å². The minimum absolute atomic E-state index is 0.272. The number of aromatic nitrogens is 2. The minimum Gasteiger partial charge on any atom is -0.339 e. The van der Waals surface area contributed by atoms with Gasteiger partial charge >= 0.3 is 0 Å². The molecule has 0 radical (unpaired) electrons. The van der Waals surface area contributed by atoms with Gasteiger partial charge in [0.15, 0.2) is 5.82 Å². The monoisotopic (exact) mass is 263 g/mol. The third-order valence-electron chi connectivity index (χ3n) is 3.26. The van der Waals surface area contributed by atoms with Crippen molar-refractivity contribution in [1.29, 1.82) is 0 Å². The zero-order chi connectivity index (χ0) is 12.2. The summed E-state index contributed by atoms with van der Waals surface area (Å²) < 4.78 is 5.34. The number of thiophene rings is 1. The van der Waals surface area contributed by atoms with Crippen molar-refractivity contribution in [3.8, 4) is 0 Å². The van der Waals surface area contributed by atoms with Crippen LogP contribution in [0.25, 0.3) is 0 Å². The summed E-state index contributed by atoms with van der Waals surface area (Å²) in [5.41, 5.74) is 0. The van der Waals surface area contributed by atoms with E-state index in [1.54, 1.807) is 11.3 Å². The number of rotatable bonds is 3. The Bertz CT molecular complexity index is 472. The molecule has 1 saturated heterocycles. The first kappa shape index (κ1) is 11.9.